The molecule has 1 aliphatic carbocycles. The van der Waals surface area contributed by atoms with Crippen molar-refractivity contribution in [2.24, 2.45) is 0 Å². The largest absolute Gasteiger partial charge is 0.445 e. The van der Waals surface area contributed by atoms with Crippen LogP contribution >= 0.6 is 11.5 Å². The van der Waals surface area contributed by atoms with Gasteiger partial charge in [0.05, 0.1) is 18.4 Å². The summed E-state index contributed by atoms with van der Waals surface area (Å²) in [7, 11) is 0. The minimum atomic E-state index is 0.00455. The van der Waals surface area contributed by atoms with Gasteiger partial charge < -0.3 is 9.73 Å². The number of oxazole rings is 1. The number of aromatic nitrogens is 3. The van der Waals surface area contributed by atoms with Gasteiger partial charge in [-0.05, 0) is 43.6 Å². The first-order chi connectivity index (χ1) is 12.2. The molecule has 0 radical (unpaired) electrons. The molecule has 2 aliphatic heterocycles. The SMILES string of the molecule is Cc1ncc(CN2[C@@H]3CC[C@H]2[C@@H](NC(=O)c2snnc2C2CC2)C3)o1. The van der Waals surface area contributed by atoms with Gasteiger partial charge in [-0.1, -0.05) is 4.49 Å². The van der Waals surface area contributed by atoms with E-state index in [-0.39, 0.29) is 11.9 Å². The standard InChI is InChI=1S/C17H21N5O2S/c1-9-18-7-12(24-9)8-22-11-4-5-14(22)13(6-11)19-17(23)16-15(10-2-3-10)20-21-25-16/h7,10-11,13-14H,2-6,8H2,1H3,(H,19,23)/t11-,13+,14+/m1/s1. The Labute approximate surface area is 150 Å². The van der Waals surface area contributed by atoms with Gasteiger partial charge in [0.25, 0.3) is 5.91 Å². The summed E-state index contributed by atoms with van der Waals surface area (Å²) in [5.74, 6) is 2.07. The zero-order valence-corrected chi connectivity index (χ0v) is 15.0. The zero-order chi connectivity index (χ0) is 17.0. The molecule has 7 nitrogen and oxygen atoms in total. The summed E-state index contributed by atoms with van der Waals surface area (Å²) in [6, 6.07) is 1.09. The van der Waals surface area contributed by atoms with Crippen LogP contribution in [0.3, 0.4) is 0 Å². The van der Waals surface area contributed by atoms with Gasteiger partial charge in [0.15, 0.2) is 5.89 Å². The molecule has 132 valence electrons. The number of fused-ring (bicyclic) bond motifs is 2. The van der Waals surface area contributed by atoms with Crippen molar-refractivity contribution < 1.29 is 9.21 Å². The second-order valence-corrected chi connectivity index (χ2v) is 8.15. The minimum Gasteiger partial charge on any atom is -0.445 e. The number of nitrogens with zero attached hydrogens (tertiary/aromatic N) is 4. The molecule has 2 aromatic heterocycles. The van der Waals surface area contributed by atoms with Gasteiger partial charge >= 0.3 is 0 Å². The molecule has 0 aromatic carbocycles. The fourth-order valence-electron chi connectivity index (χ4n) is 4.37. The van der Waals surface area contributed by atoms with Crippen molar-refractivity contribution in [1.29, 1.82) is 0 Å². The predicted octanol–water partition coefficient (Wildman–Crippen LogP) is 2.25. The molecule has 1 amide bonds. The number of aryl methyl sites for hydroxylation is 1. The molecule has 4 heterocycles. The van der Waals surface area contributed by atoms with Crippen molar-refractivity contribution in [3.8, 4) is 0 Å². The molecule has 1 saturated carbocycles. The maximum atomic E-state index is 12.7. The summed E-state index contributed by atoms with van der Waals surface area (Å²) >= 11 is 1.23. The minimum absolute atomic E-state index is 0.00455. The Morgan fingerprint density at radius 1 is 1.40 bits per heavy atom. The maximum Gasteiger partial charge on any atom is 0.265 e. The molecule has 8 heteroatoms. The number of carbonyl (C=O) groups is 1. The van der Waals surface area contributed by atoms with E-state index in [0.29, 0.717) is 28.8 Å². The average Bonchev–Trinajstić information content (AvgIpc) is 2.95. The first kappa shape index (κ1) is 15.5. The van der Waals surface area contributed by atoms with E-state index >= 15 is 0 Å². The molecule has 3 fully saturated rings. The van der Waals surface area contributed by atoms with Gasteiger partial charge in [-0.3, -0.25) is 9.69 Å². The Bertz CT molecular complexity index is 799. The van der Waals surface area contributed by atoms with Crippen LogP contribution in [-0.2, 0) is 6.54 Å². The van der Waals surface area contributed by atoms with Crippen LogP contribution in [0.25, 0.3) is 0 Å². The number of carbonyl (C=O) groups excluding carboxylic acids is 1. The van der Waals surface area contributed by atoms with Crippen molar-refractivity contribution in [1.82, 2.24) is 24.8 Å². The van der Waals surface area contributed by atoms with E-state index in [2.05, 4.69) is 24.8 Å². The van der Waals surface area contributed by atoms with Crippen LogP contribution in [0.2, 0.25) is 0 Å². The monoisotopic (exact) mass is 359 g/mol. The van der Waals surface area contributed by atoms with Crippen molar-refractivity contribution in [3.05, 3.63) is 28.4 Å². The Balaban J connectivity index is 1.27. The molecule has 2 bridgehead atoms. The van der Waals surface area contributed by atoms with E-state index in [4.69, 9.17) is 4.42 Å². The van der Waals surface area contributed by atoms with Crippen molar-refractivity contribution in [2.45, 2.75) is 69.6 Å². The van der Waals surface area contributed by atoms with Gasteiger partial charge in [-0.25, -0.2) is 4.98 Å². The topological polar surface area (TPSA) is 84.2 Å². The Kier molecular flexibility index (Phi) is 3.63. The highest BCUT2D eigenvalue weighted by Crippen LogP contribution is 2.42. The Hall–Kier alpha value is -1.80. The number of rotatable bonds is 5. The number of nitrogens with one attached hydrogen (secondary N) is 1. The van der Waals surface area contributed by atoms with Gasteiger partial charge in [0.2, 0.25) is 0 Å². The lowest BCUT2D eigenvalue weighted by Gasteiger charge is -2.24. The molecule has 0 unspecified atom stereocenters. The van der Waals surface area contributed by atoms with Crippen LogP contribution < -0.4 is 5.32 Å². The van der Waals surface area contributed by atoms with Gasteiger partial charge in [-0.2, -0.15) is 0 Å². The molecular weight excluding hydrogens is 338 g/mol. The summed E-state index contributed by atoms with van der Waals surface area (Å²) in [5, 5.41) is 7.43. The van der Waals surface area contributed by atoms with E-state index in [1.54, 1.807) is 0 Å². The van der Waals surface area contributed by atoms with Gasteiger partial charge in [0, 0.05) is 31.0 Å². The molecule has 0 spiro atoms. The third-order valence-corrected chi connectivity index (χ3v) is 6.43. The van der Waals surface area contributed by atoms with Crippen molar-refractivity contribution in [2.75, 3.05) is 0 Å². The third-order valence-electron chi connectivity index (χ3n) is 5.69. The van der Waals surface area contributed by atoms with E-state index in [1.165, 1.54) is 18.0 Å². The van der Waals surface area contributed by atoms with Crippen LogP contribution in [0.4, 0.5) is 0 Å². The molecule has 5 rings (SSSR count). The van der Waals surface area contributed by atoms with E-state index in [0.717, 1.165) is 43.7 Å². The van der Waals surface area contributed by atoms with Crippen LogP contribution in [0, 0.1) is 6.92 Å². The number of hydrogen-bond acceptors (Lipinski definition) is 7. The first-order valence-electron chi connectivity index (χ1n) is 8.99. The fourth-order valence-corrected chi connectivity index (χ4v) is 5.03. The van der Waals surface area contributed by atoms with E-state index in [1.807, 2.05) is 13.1 Å². The summed E-state index contributed by atoms with van der Waals surface area (Å²) in [6.07, 6.45) is 7.40. The lowest BCUT2D eigenvalue weighted by atomic mass is 9.95. The second kappa shape index (κ2) is 5.88. The highest BCUT2D eigenvalue weighted by atomic mass is 32.1. The average molecular weight is 359 g/mol. The molecule has 3 aliphatic rings. The van der Waals surface area contributed by atoms with Gasteiger partial charge in [0.1, 0.15) is 10.6 Å². The van der Waals surface area contributed by atoms with E-state index < -0.39 is 0 Å². The molecular formula is C17H21N5O2S. The highest BCUT2D eigenvalue weighted by Gasteiger charge is 2.47. The molecule has 1 N–H and O–H groups in total. The normalized spacial score (nSPS) is 28.6. The summed E-state index contributed by atoms with van der Waals surface area (Å²) in [4.78, 5) is 20.1. The third kappa shape index (κ3) is 2.77. The van der Waals surface area contributed by atoms with Crippen LogP contribution in [0.15, 0.2) is 10.6 Å². The van der Waals surface area contributed by atoms with Gasteiger partial charge in [-0.15, -0.1) is 5.10 Å². The number of amides is 1. The van der Waals surface area contributed by atoms with Crippen LogP contribution in [0.5, 0.6) is 0 Å². The summed E-state index contributed by atoms with van der Waals surface area (Å²) in [6.45, 7) is 2.64. The highest BCUT2D eigenvalue weighted by molar-refractivity contribution is 7.08. The quantitative estimate of drug-likeness (QED) is 0.881. The molecule has 2 aromatic rings. The molecule has 2 saturated heterocycles. The maximum absolute atomic E-state index is 12.7. The van der Waals surface area contributed by atoms with E-state index in [9.17, 15) is 4.79 Å². The number of hydrogen-bond donors (Lipinski definition) is 1. The fraction of sp³-hybridized carbons (Fsp3) is 0.647. The lowest BCUT2D eigenvalue weighted by Crippen LogP contribution is -2.43. The first-order valence-corrected chi connectivity index (χ1v) is 9.76. The summed E-state index contributed by atoms with van der Waals surface area (Å²) in [5.41, 5.74) is 0.902. The second-order valence-electron chi connectivity index (χ2n) is 7.39. The Morgan fingerprint density at radius 2 is 2.28 bits per heavy atom. The Morgan fingerprint density at radius 3 is 3.04 bits per heavy atom. The predicted molar refractivity (Wildman–Crippen MR) is 91.3 cm³/mol. The molecule has 3 atom stereocenters. The smallest absolute Gasteiger partial charge is 0.265 e. The van der Waals surface area contributed by atoms with Crippen molar-refractivity contribution in [3.63, 3.8) is 0 Å². The molecule has 25 heavy (non-hydrogen) atoms. The van der Waals surface area contributed by atoms with Crippen LogP contribution in [-0.4, -0.2) is 43.5 Å². The lowest BCUT2D eigenvalue weighted by molar-refractivity contribution is 0.0927. The van der Waals surface area contributed by atoms with Crippen LogP contribution in [0.1, 0.15) is 65.0 Å². The zero-order valence-electron chi connectivity index (χ0n) is 14.1. The summed E-state index contributed by atoms with van der Waals surface area (Å²) < 4.78 is 9.64. The van der Waals surface area contributed by atoms with Crippen molar-refractivity contribution >= 4 is 17.4 Å².